The maximum absolute atomic E-state index is 5.72. The Morgan fingerprint density at radius 2 is 2.00 bits per heavy atom. The number of aryl methyl sites for hydroxylation is 1. The van der Waals surface area contributed by atoms with Gasteiger partial charge in [-0.2, -0.15) is 0 Å². The molecule has 0 spiro atoms. The summed E-state index contributed by atoms with van der Waals surface area (Å²) in [5.74, 6) is 5.72. The van der Waals surface area contributed by atoms with E-state index >= 15 is 0 Å². The lowest BCUT2D eigenvalue weighted by Crippen LogP contribution is -2.28. The lowest BCUT2D eigenvalue weighted by atomic mass is 10.1. The van der Waals surface area contributed by atoms with Gasteiger partial charge < -0.3 is 4.90 Å². The summed E-state index contributed by atoms with van der Waals surface area (Å²) in [6, 6.07) is 12.7. The number of anilines is 1. The van der Waals surface area contributed by atoms with Gasteiger partial charge in [0, 0.05) is 29.5 Å². The Balaban J connectivity index is 2.35. The van der Waals surface area contributed by atoms with Gasteiger partial charge >= 0.3 is 0 Å². The number of hydrogen-bond acceptors (Lipinski definition) is 4. The molecule has 0 aliphatic carbocycles. The van der Waals surface area contributed by atoms with Crippen LogP contribution in [0.4, 0.5) is 5.69 Å². The molecule has 96 valence electrons. The van der Waals surface area contributed by atoms with Crippen LogP contribution in [-0.4, -0.2) is 14.1 Å². The third-order valence-electron chi connectivity index (χ3n) is 2.93. The normalized spacial score (nSPS) is 12.4. The summed E-state index contributed by atoms with van der Waals surface area (Å²) >= 11 is 1.77. The van der Waals surface area contributed by atoms with Crippen molar-refractivity contribution in [2.24, 2.45) is 5.84 Å². The molecule has 0 fully saturated rings. The SMILES string of the molecule is Cc1ccc(C(NN)c2cccc(N(C)C)c2)s1. The highest BCUT2D eigenvalue weighted by atomic mass is 32.1. The number of hydrazine groups is 1. The third kappa shape index (κ3) is 2.72. The first-order chi connectivity index (χ1) is 8.61. The molecule has 3 N–H and O–H groups in total. The zero-order valence-electron chi connectivity index (χ0n) is 11.0. The van der Waals surface area contributed by atoms with E-state index in [-0.39, 0.29) is 6.04 Å². The van der Waals surface area contributed by atoms with Crippen LogP contribution in [0.2, 0.25) is 0 Å². The van der Waals surface area contributed by atoms with Gasteiger partial charge in [0.05, 0.1) is 6.04 Å². The van der Waals surface area contributed by atoms with E-state index < -0.39 is 0 Å². The summed E-state index contributed by atoms with van der Waals surface area (Å²) in [6.07, 6.45) is 0. The molecule has 1 aromatic carbocycles. The van der Waals surface area contributed by atoms with Crippen molar-refractivity contribution in [3.63, 3.8) is 0 Å². The Bertz CT molecular complexity index is 519. The number of benzene rings is 1. The van der Waals surface area contributed by atoms with Gasteiger partial charge in [0.15, 0.2) is 0 Å². The van der Waals surface area contributed by atoms with Crippen molar-refractivity contribution in [1.29, 1.82) is 0 Å². The molecule has 0 bridgehead atoms. The van der Waals surface area contributed by atoms with Crippen LogP contribution in [0.3, 0.4) is 0 Å². The molecule has 3 nitrogen and oxygen atoms in total. The van der Waals surface area contributed by atoms with Crippen LogP contribution in [0.5, 0.6) is 0 Å². The number of nitrogens with one attached hydrogen (secondary N) is 1. The lowest BCUT2D eigenvalue weighted by Gasteiger charge is -2.18. The molecule has 1 heterocycles. The van der Waals surface area contributed by atoms with Gasteiger partial charge in [0.2, 0.25) is 0 Å². The fraction of sp³-hybridized carbons (Fsp3) is 0.286. The molecule has 1 atom stereocenters. The maximum Gasteiger partial charge on any atom is 0.0803 e. The number of thiophene rings is 1. The van der Waals surface area contributed by atoms with Crippen LogP contribution in [0.25, 0.3) is 0 Å². The van der Waals surface area contributed by atoms with Crippen molar-refractivity contribution in [2.45, 2.75) is 13.0 Å². The molecule has 1 unspecified atom stereocenters. The van der Waals surface area contributed by atoms with Crippen LogP contribution in [0.15, 0.2) is 36.4 Å². The fourth-order valence-electron chi connectivity index (χ4n) is 1.93. The highest BCUT2D eigenvalue weighted by Crippen LogP contribution is 2.29. The number of nitrogens with two attached hydrogens (primary N) is 1. The van der Waals surface area contributed by atoms with Crippen molar-refractivity contribution in [2.75, 3.05) is 19.0 Å². The molecule has 2 rings (SSSR count). The minimum atomic E-state index is 0.0589. The minimum absolute atomic E-state index is 0.0589. The quantitative estimate of drug-likeness (QED) is 0.657. The third-order valence-corrected chi connectivity index (χ3v) is 4.00. The van der Waals surface area contributed by atoms with Gasteiger partial charge in [-0.1, -0.05) is 12.1 Å². The Morgan fingerprint density at radius 1 is 1.22 bits per heavy atom. The molecule has 18 heavy (non-hydrogen) atoms. The molecule has 4 heteroatoms. The molecule has 0 saturated carbocycles. The van der Waals surface area contributed by atoms with Gasteiger partial charge in [0.1, 0.15) is 0 Å². The second-order valence-corrected chi connectivity index (χ2v) is 5.86. The molecule has 0 amide bonds. The monoisotopic (exact) mass is 261 g/mol. The molecule has 0 saturated heterocycles. The largest absolute Gasteiger partial charge is 0.378 e. The van der Waals surface area contributed by atoms with E-state index in [2.05, 4.69) is 53.6 Å². The molecule has 0 aliphatic heterocycles. The van der Waals surface area contributed by atoms with Gasteiger partial charge in [-0.05, 0) is 36.8 Å². The van der Waals surface area contributed by atoms with Crippen molar-refractivity contribution >= 4 is 17.0 Å². The first-order valence-electron chi connectivity index (χ1n) is 5.91. The number of nitrogens with zero attached hydrogens (tertiary/aromatic N) is 1. The average Bonchev–Trinajstić information content (AvgIpc) is 2.77. The molecule has 0 radical (unpaired) electrons. The Kier molecular flexibility index (Phi) is 4.01. The van der Waals surface area contributed by atoms with Crippen LogP contribution < -0.4 is 16.2 Å². The summed E-state index contributed by atoms with van der Waals surface area (Å²) in [4.78, 5) is 4.64. The summed E-state index contributed by atoms with van der Waals surface area (Å²) < 4.78 is 0. The molecular formula is C14H19N3S. The van der Waals surface area contributed by atoms with Gasteiger partial charge in [0.25, 0.3) is 0 Å². The van der Waals surface area contributed by atoms with Crippen LogP contribution in [0, 0.1) is 6.92 Å². The van der Waals surface area contributed by atoms with E-state index in [0.29, 0.717) is 0 Å². The minimum Gasteiger partial charge on any atom is -0.378 e. The average molecular weight is 261 g/mol. The van der Waals surface area contributed by atoms with E-state index in [0.717, 1.165) is 0 Å². The Morgan fingerprint density at radius 3 is 2.56 bits per heavy atom. The van der Waals surface area contributed by atoms with Crippen molar-refractivity contribution in [1.82, 2.24) is 5.43 Å². The smallest absolute Gasteiger partial charge is 0.0803 e. The van der Waals surface area contributed by atoms with Crippen LogP contribution >= 0.6 is 11.3 Å². The highest BCUT2D eigenvalue weighted by Gasteiger charge is 2.14. The van der Waals surface area contributed by atoms with Crippen molar-refractivity contribution in [3.05, 3.63) is 51.7 Å². The van der Waals surface area contributed by atoms with E-state index in [9.17, 15) is 0 Å². The van der Waals surface area contributed by atoms with Gasteiger partial charge in [-0.3, -0.25) is 5.84 Å². The molecular weight excluding hydrogens is 242 g/mol. The standard InChI is InChI=1S/C14H19N3S/c1-10-7-8-13(18-10)14(16-15)11-5-4-6-12(9-11)17(2)3/h4-9,14,16H,15H2,1-3H3. The van der Waals surface area contributed by atoms with E-state index in [4.69, 9.17) is 5.84 Å². The van der Waals surface area contributed by atoms with Crippen molar-refractivity contribution in [3.8, 4) is 0 Å². The zero-order valence-corrected chi connectivity index (χ0v) is 11.8. The van der Waals surface area contributed by atoms with Crippen LogP contribution in [0.1, 0.15) is 21.4 Å². The summed E-state index contributed by atoms with van der Waals surface area (Å²) in [6.45, 7) is 2.11. The summed E-state index contributed by atoms with van der Waals surface area (Å²) in [7, 11) is 4.08. The van der Waals surface area contributed by atoms with E-state index in [1.54, 1.807) is 11.3 Å². The maximum atomic E-state index is 5.72. The second kappa shape index (κ2) is 5.52. The molecule has 0 aliphatic rings. The summed E-state index contributed by atoms with van der Waals surface area (Å²) in [5, 5.41) is 0. The fourth-order valence-corrected chi connectivity index (χ4v) is 2.90. The predicted molar refractivity (Wildman–Crippen MR) is 79.0 cm³/mol. The summed E-state index contributed by atoms with van der Waals surface area (Å²) in [5.41, 5.74) is 5.27. The lowest BCUT2D eigenvalue weighted by molar-refractivity contribution is 0.646. The predicted octanol–water partition coefficient (Wildman–Crippen LogP) is 2.68. The van der Waals surface area contributed by atoms with E-state index in [1.807, 2.05) is 14.1 Å². The first-order valence-corrected chi connectivity index (χ1v) is 6.73. The second-order valence-electron chi connectivity index (χ2n) is 4.54. The van der Waals surface area contributed by atoms with Crippen molar-refractivity contribution < 1.29 is 0 Å². The van der Waals surface area contributed by atoms with Crippen LogP contribution in [-0.2, 0) is 0 Å². The Labute approximate surface area is 112 Å². The van der Waals surface area contributed by atoms with Gasteiger partial charge in [-0.25, -0.2) is 5.43 Å². The molecule has 1 aromatic heterocycles. The first kappa shape index (κ1) is 13.1. The number of hydrogen-bond donors (Lipinski definition) is 2. The Hall–Kier alpha value is -1.36. The molecule has 2 aromatic rings. The van der Waals surface area contributed by atoms with E-state index in [1.165, 1.54) is 21.0 Å². The number of rotatable bonds is 4. The zero-order chi connectivity index (χ0) is 13.1. The topological polar surface area (TPSA) is 41.3 Å². The van der Waals surface area contributed by atoms with Gasteiger partial charge in [-0.15, -0.1) is 11.3 Å². The highest BCUT2D eigenvalue weighted by molar-refractivity contribution is 7.12.